The minimum absolute atomic E-state index is 0.105. The van der Waals surface area contributed by atoms with Crippen molar-refractivity contribution in [3.63, 3.8) is 0 Å². The Kier molecular flexibility index (Phi) is 65.5. The Hall–Kier alpha value is -1.94. The summed E-state index contributed by atoms with van der Waals surface area (Å²) in [5.74, 6) is -0.581. The summed E-state index contributed by atoms with van der Waals surface area (Å²) in [5, 5.41) is 10.6. The number of aliphatic hydroxyl groups is 1. The van der Waals surface area contributed by atoms with Gasteiger partial charge in [-0.15, -0.1) is 0 Å². The average molecular weight is 1380 g/mol. The number of rotatable bonds is 74. The molecule has 0 radical (unpaired) electrons. The first-order valence-electron chi connectivity index (χ1n) is 39.0. The maximum Gasteiger partial charge on any atom is 0.472 e. The van der Waals surface area contributed by atoms with Crippen molar-refractivity contribution < 1.29 is 80.2 Å². The lowest BCUT2D eigenvalue weighted by Crippen LogP contribution is -2.30. The van der Waals surface area contributed by atoms with Crippen LogP contribution in [0.15, 0.2) is 0 Å². The van der Waals surface area contributed by atoms with Crippen molar-refractivity contribution in [2.24, 2.45) is 11.8 Å². The maximum absolute atomic E-state index is 13.1. The van der Waals surface area contributed by atoms with Crippen LogP contribution < -0.4 is 0 Å². The summed E-state index contributed by atoms with van der Waals surface area (Å²) in [6.45, 7) is 9.56. The first-order chi connectivity index (χ1) is 45.4. The van der Waals surface area contributed by atoms with Crippen LogP contribution in [-0.4, -0.2) is 96.7 Å². The molecule has 0 aliphatic heterocycles. The Morgan fingerprint density at radius 1 is 0.309 bits per heavy atom. The Morgan fingerprint density at radius 2 is 0.543 bits per heavy atom. The Bertz CT molecular complexity index is 1820. The summed E-state index contributed by atoms with van der Waals surface area (Å²) < 4.78 is 68.4. The van der Waals surface area contributed by atoms with Gasteiger partial charge in [0.05, 0.1) is 26.4 Å². The van der Waals surface area contributed by atoms with Crippen molar-refractivity contribution in [3.05, 3.63) is 0 Å². The first-order valence-corrected chi connectivity index (χ1v) is 42.0. The molecule has 0 saturated carbocycles. The van der Waals surface area contributed by atoms with Crippen LogP contribution in [0.5, 0.6) is 0 Å². The molecule has 0 amide bonds. The van der Waals surface area contributed by atoms with E-state index in [1.165, 1.54) is 199 Å². The highest BCUT2D eigenvalue weighted by atomic mass is 31.2. The summed E-state index contributed by atoms with van der Waals surface area (Å²) in [4.78, 5) is 72.7. The number of carbonyl (C=O) groups is 4. The fourth-order valence-electron chi connectivity index (χ4n) is 11.4. The van der Waals surface area contributed by atoms with Gasteiger partial charge in [0.2, 0.25) is 0 Å². The van der Waals surface area contributed by atoms with Gasteiger partial charge in [-0.3, -0.25) is 37.3 Å². The fraction of sp³-hybridized carbons (Fsp3) is 0.947. The summed E-state index contributed by atoms with van der Waals surface area (Å²) >= 11 is 0. The van der Waals surface area contributed by atoms with E-state index in [9.17, 15) is 43.2 Å². The number of hydrogen-bond acceptors (Lipinski definition) is 15. The average Bonchev–Trinajstić information content (AvgIpc) is 2.12. The molecule has 0 aliphatic rings. The minimum Gasteiger partial charge on any atom is -0.462 e. The molecule has 558 valence electrons. The third kappa shape index (κ3) is 67.3. The lowest BCUT2D eigenvalue weighted by Gasteiger charge is -2.21. The quantitative estimate of drug-likeness (QED) is 0.0222. The van der Waals surface area contributed by atoms with E-state index in [0.29, 0.717) is 25.7 Å². The molecule has 0 saturated heterocycles. The Labute approximate surface area is 575 Å². The molecular formula is C75H146O17P2. The van der Waals surface area contributed by atoms with Crippen LogP contribution in [-0.2, 0) is 65.4 Å². The molecule has 0 spiro atoms. The smallest absolute Gasteiger partial charge is 0.462 e. The van der Waals surface area contributed by atoms with Gasteiger partial charge in [-0.2, -0.15) is 0 Å². The van der Waals surface area contributed by atoms with Crippen molar-refractivity contribution in [3.8, 4) is 0 Å². The van der Waals surface area contributed by atoms with Crippen molar-refractivity contribution in [1.82, 2.24) is 0 Å². The van der Waals surface area contributed by atoms with E-state index in [-0.39, 0.29) is 25.7 Å². The molecule has 17 nitrogen and oxygen atoms in total. The van der Waals surface area contributed by atoms with Crippen LogP contribution in [0.25, 0.3) is 0 Å². The molecule has 0 aliphatic carbocycles. The number of esters is 4. The van der Waals surface area contributed by atoms with E-state index in [1.807, 2.05) is 0 Å². The molecule has 3 unspecified atom stereocenters. The van der Waals surface area contributed by atoms with Crippen LogP contribution in [0.1, 0.15) is 388 Å². The van der Waals surface area contributed by atoms with E-state index < -0.39 is 97.5 Å². The van der Waals surface area contributed by atoms with Crippen molar-refractivity contribution in [1.29, 1.82) is 0 Å². The van der Waals surface area contributed by atoms with Gasteiger partial charge in [-0.1, -0.05) is 337 Å². The summed E-state index contributed by atoms with van der Waals surface area (Å²) in [6, 6.07) is 0. The number of phosphoric acid groups is 2. The second-order valence-corrected chi connectivity index (χ2v) is 30.7. The summed E-state index contributed by atoms with van der Waals surface area (Å²) in [5.41, 5.74) is 0. The van der Waals surface area contributed by atoms with Crippen LogP contribution in [0.4, 0.5) is 0 Å². The lowest BCUT2D eigenvalue weighted by molar-refractivity contribution is -0.161. The summed E-state index contributed by atoms with van der Waals surface area (Å²) in [7, 11) is -9.91. The molecule has 3 N–H and O–H groups in total. The van der Waals surface area contributed by atoms with E-state index in [2.05, 4.69) is 41.5 Å². The predicted octanol–water partition coefficient (Wildman–Crippen LogP) is 21.9. The molecule has 19 heteroatoms. The van der Waals surface area contributed by atoms with E-state index >= 15 is 0 Å². The zero-order chi connectivity index (χ0) is 69.3. The molecule has 6 atom stereocenters. The van der Waals surface area contributed by atoms with Crippen molar-refractivity contribution in [2.45, 2.75) is 407 Å². The molecule has 0 rings (SSSR count). The number of unbranched alkanes of at least 4 members (excludes halogenated alkanes) is 43. The molecule has 0 heterocycles. The largest absolute Gasteiger partial charge is 0.472 e. The highest BCUT2D eigenvalue weighted by Gasteiger charge is 2.30. The van der Waals surface area contributed by atoms with Crippen LogP contribution in [0, 0.1) is 11.8 Å². The zero-order valence-corrected chi connectivity index (χ0v) is 63.1. The number of carbonyl (C=O) groups excluding carboxylic acids is 4. The van der Waals surface area contributed by atoms with Crippen LogP contribution >= 0.6 is 15.6 Å². The van der Waals surface area contributed by atoms with Crippen LogP contribution in [0.3, 0.4) is 0 Å². The van der Waals surface area contributed by atoms with E-state index in [0.717, 1.165) is 108 Å². The molecule has 0 aromatic rings. The predicted molar refractivity (Wildman–Crippen MR) is 381 cm³/mol. The summed E-state index contributed by atoms with van der Waals surface area (Å²) in [6.07, 6.45) is 54.2. The highest BCUT2D eigenvalue weighted by molar-refractivity contribution is 7.47. The van der Waals surface area contributed by atoms with Crippen LogP contribution in [0.2, 0.25) is 0 Å². The highest BCUT2D eigenvalue weighted by Crippen LogP contribution is 2.45. The number of ether oxygens (including phenoxy) is 4. The first kappa shape index (κ1) is 92.1. The van der Waals surface area contributed by atoms with Gasteiger partial charge in [0.25, 0.3) is 0 Å². The van der Waals surface area contributed by atoms with Crippen molar-refractivity contribution >= 4 is 39.5 Å². The van der Waals surface area contributed by atoms with Gasteiger partial charge in [0.1, 0.15) is 19.3 Å². The monoisotopic (exact) mass is 1380 g/mol. The molecule has 0 aromatic carbocycles. The second-order valence-electron chi connectivity index (χ2n) is 27.8. The molecule has 0 fully saturated rings. The van der Waals surface area contributed by atoms with Gasteiger partial charge in [0, 0.05) is 25.7 Å². The second kappa shape index (κ2) is 66.9. The van der Waals surface area contributed by atoms with E-state index in [4.69, 9.17) is 37.0 Å². The SMILES string of the molecule is CCCCCCCCCCCCCCCCCCCCCCC(=O)O[C@H](COC(=O)CCCCCCCCCCCCCC(C)C)COP(=O)(O)OC[C@@H](O)COP(=O)(O)OC[C@@H](COC(=O)CCCCCCCCCC)OC(=O)CCCCCCCCCCC(C)CC. The topological polar surface area (TPSA) is 237 Å². The third-order valence-electron chi connectivity index (χ3n) is 17.8. The number of phosphoric ester groups is 2. The normalized spacial score (nSPS) is 14.3. The lowest BCUT2D eigenvalue weighted by atomic mass is 9.99. The van der Waals surface area contributed by atoms with Gasteiger partial charge < -0.3 is 33.8 Å². The zero-order valence-electron chi connectivity index (χ0n) is 61.3. The van der Waals surface area contributed by atoms with E-state index in [1.54, 1.807) is 0 Å². The standard InChI is InChI=1S/C75H146O17P2/c1-7-10-12-14-16-18-19-20-21-22-23-24-25-26-27-30-34-41-47-53-59-74(79)91-71(64-86-73(78)58-52-46-40-33-31-28-29-32-37-43-49-55-67(4)5)66-90-94(83,84)88-62-69(76)61-87-93(81,82)89-65-70(63-85-72(77)57-51-45-39-17-15-13-11-8-2)92-75(80)60-54-48-42-36-35-38-44-50-56-68(6)9-3/h67-71,76H,7-66H2,1-6H3,(H,81,82)(H,83,84)/t68?,69-,70+,71+/m0/s1. The van der Waals surface area contributed by atoms with Gasteiger partial charge in [-0.05, 0) is 37.5 Å². The minimum atomic E-state index is -4.96. The molecule has 0 aromatic heterocycles. The molecule has 0 bridgehead atoms. The van der Waals surface area contributed by atoms with Gasteiger partial charge >= 0.3 is 39.5 Å². The Morgan fingerprint density at radius 3 is 0.809 bits per heavy atom. The third-order valence-corrected chi connectivity index (χ3v) is 19.7. The number of aliphatic hydroxyl groups excluding tert-OH is 1. The number of hydrogen-bond donors (Lipinski definition) is 3. The molecule has 94 heavy (non-hydrogen) atoms. The van der Waals surface area contributed by atoms with Crippen molar-refractivity contribution in [2.75, 3.05) is 39.6 Å². The Balaban J connectivity index is 5.20. The molecular weight excluding hydrogens is 1230 g/mol. The maximum atomic E-state index is 13.1. The van der Waals surface area contributed by atoms with Gasteiger partial charge in [0.15, 0.2) is 12.2 Å². The fourth-order valence-corrected chi connectivity index (χ4v) is 13.0. The van der Waals surface area contributed by atoms with Gasteiger partial charge in [-0.25, -0.2) is 9.13 Å².